The maximum atomic E-state index is 12.8. The van der Waals surface area contributed by atoms with Crippen LogP contribution in [0, 0.1) is 0 Å². The van der Waals surface area contributed by atoms with Crippen molar-refractivity contribution in [1.82, 2.24) is 5.32 Å². The topological polar surface area (TPSA) is 58.5 Å². The first-order valence-corrected chi connectivity index (χ1v) is 13.5. The number of benzene rings is 1. The monoisotopic (exact) mass is 502 g/mol. The Kier molecular flexibility index (Phi) is 9.38. The lowest BCUT2D eigenvalue weighted by Crippen LogP contribution is -2.41. The average Bonchev–Trinajstić information content (AvgIpc) is 3.36. The molecule has 2 aromatic rings. The quantitative estimate of drug-likeness (QED) is 0.362. The van der Waals surface area contributed by atoms with Gasteiger partial charge in [0, 0.05) is 11.1 Å². The van der Waals surface area contributed by atoms with E-state index in [-0.39, 0.29) is 17.1 Å². The van der Waals surface area contributed by atoms with Gasteiger partial charge in [0.05, 0.1) is 16.6 Å². The molecule has 1 aliphatic rings. The first-order chi connectivity index (χ1) is 17.1. The smallest absolute Gasteiger partial charge is 0.261 e. The number of ketones is 1. The fraction of sp³-hybridized carbons (Fsp3) is 0.387. The van der Waals surface area contributed by atoms with E-state index in [1.165, 1.54) is 36.7 Å². The van der Waals surface area contributed by atoms with E-state index >= 15 is 0 Å². The molecule has 3 rings (SSSR count). The van der Waals surface area contributed by atoms with Crippen molar-refractivity contribution in [2.24, 2.45) is 4.99 Å². The maximum absolute atomic E-state index is 12.8. The maximum Gasteiger partial charge on any atom is 0.261 e. The average molecular weight is 503 g/mol. The molecule has 190 valence electrons. The SMILES string of the molecule is C=C(N=C/C(=C\C)C1=CCCCC1)c1ccc(C[C@H](NC(=O)c2ccc(C(C)(C)C)s2)C(C)=O)cc1. The van der Waals surface area contributed by atoms with Gasteiger partial charge in [-0.15, -0.1) is 11.3 Å². The largest absolute Gasteiger partial charge is 0.341 e. The van der Waals surface area contributed by atoms with Crippen molar-refractivity contribution in [2.45, 2.75) is 78.2 Å². The van der Waals surface area contributed by atoms with E-state index in [4.69, 9.17) is 0 Å². The van der Waals surface area contributed by atoms with Gasteiger partial charge in [-0.25, -0.2) is 0 Å². The Morgan fingerprint density at radius 3 is 2.42 bits per heavy atom. The van der Waals surface area contributed by atoms with Crippen LogP contribution in [-0.4, -0.2) is 23.9 Å². The molecule has 0 aliphatic heterocycles. The molecular formula is C31H38N2O2S. The van der Waals surface area contributed by atoms with Gasteiger partial charge in [0.1, 0.15) is 0 Å². The second-order valence-electron chi connectivity index (χ2n) is 10.4. The lowest BCUT2D eigenvalue weighted by atomic mass is 9.94. The molecule has 1 aliphatic carbocycles. The van der Waals surface area contributed by atoms with Gasteiger partial charge in [-0.2, -0.15) is 0 Å². The number of amides is 1. The summed E-state index contributed by atoms with van der Waals surface area (Å²) in [5.41, 5.74) is 5.11. The number of hydrogen-bond acceptors (Lipinski definition) is 4. The van der Waals surface area contributed by atoms with Crippen LogP contribution in [0.5, 0.6) is 0 Å². The van der Waals surface area contributed by atoms with Crippen molar-refractivity contribution < 1.29 is 9.59 Å². The third-order valence-corrected chi connectivity index (χ3v) is 7.93. The van der Waals surface area contributed by atoms with Crippen LogP contribution in [-0.2, 0) is 16.6 Å². The minimum atomic E-state index is -0.578. The molecule has 1 aromatic carbocycles. The number of carbonyl (C=O) groups excluding carboxylic acids is 2. The summed E-state index contributed by atoms with van der Waals surface area (Å²) in [6.07, 6.45) is 11.5. The Labute approximate surface area is 219 Å². The van der Waals surface area contributed by atoms with Crippen LogP contribution in [0.2, 0.25) is 0 Å². The highest BCUT2D eigenvalue weighted by Gasteiger charge is 2.22. The van der Waals surface area contributed by atoms with Crippen molar-refractivity contribution in [2.75, 3.05) is 0 Å². The van der Waals surface area contributed by atoms with Gasteiger partial charge in [-0.3, -0.25) is 14.6 Å². The molecule has 0 saturated heterocycles. The van der Waals surface area contributed by atoms with Crippen molar-refractivity contribution in [3.63, 3.8) is 0 Å². The highest BCUT2D eigenvalue weighted by Crippen LogP contribution is 2.29. The zero-order valence-electron chi connectivity index (χ0n) is 22.2. The van der Waals surface area contributed by atoms with Gasteiger partial charge in [-0.05, 0) is 85.8 Å². The predicted octanol–water partition coefficient (Wildman–Crippen LogP) is 7.46. The molecule has 5 heteroatoms. The van der Waals surface area contributed by atoms with E-state index in [2.05, 4.69) is 49.8 Å². The van der Waals surface area contributed by atoms with E-state index in [1.54, 1.807) is 0 Å². The second-order valence-corrected chi connectivity index (χ2v) is 11.5. The first kappa shape index (κ1) is 27.5. The number of Topliss-reactive ketones (excluding diaryl/α,β-unsaturated/α-hetero) is 1. The van der Waals surface area contributed by atoms with Crippen molar-refractivity contribution in [3.05, 3.63) is 87.2 Å². The van der Waals surface area contributed by atoms with Crippen LogP contribution < -0.4 is 5.32 Å². The molecular weight excluding hydrogens is 464 g/mol. The normalized spacial score (nSPS) is 15.5. The number of carbonyl (C=O) groups is 2. The second kappa shape index (κ2) is 12.3. The molecule has 1 atom stereocenters. The molecule has 0 saturated carbocycles. The standard InChI is InChI=1S/C31H38N2O2S/c1-7-24(26-11-9-8-10-12-26)20-32-21(2)25-15-13-23(14-16-25)19-27(22(3)34)33-30(35)28-17-18-29(36-28)31(4,5)6/h7,11,13-18,20,27H,2,8-10,12,19H2,1,3-6H3,(H,33,35)/b24-7+,32-20?/t27-/m0/s1. The molecule has 0 unspecified atom stereocenters. The number of rotatable bonds is 9. The summed E-state index contributed by atoms with van der Waals surface area (Å²) in [5.74, 6) is -0.271. The Hall–Kier alpha value is -3.05. The number of hydrogen-bond donors (Lipinski definition) is 1. The summed E-state index contributed by atoms with van der Waals surface area (Å²) in [4.78, 5) is 31.5. The van der Waals surface area contributed by atoms with E-state index in [9.17, 15) is 9.59 Å². The molecule has 1 amide bonds. The number of thiophene rings is 1. The van der Waals surface area contributed by atoms with Crippen LogP contribution in [0.3, 0.4) is 0 Å². The highest BCUT2D eigenvalue weighted by molar-refractivity contribution is 7.14. The van der Waals surface area contributed by atoms with Crippen LogP contribution in [0.4, 0.5) is 0 Å². The number of nitrogens with zero attached hydrogens (tertiary/aromatic N) is 1. The van der Waals surface area contributed by atoms with E-state index < -0.39 is 6.04 Å². The molecule has 36 heavy (non-hydrogen) atoms. The summed E-state index contributed by atoms with van der Waals surface area (Å²) < 4.78 is 0. The zero-order chi connectivity index (χ0) is 26.3. The summed E-state index contributed by atoms with van der Waals surface area (Å²) in [7, 11) is 0. The Balaban J connectivity index is 1.63. The van der Waals surface area contributed by atoms with Gasteiger partial charge >= 0.3 is 0 Å². The lowest BCUT2D eigenvalue weighted by molar-refractivity contribution is -0.118. The summed E-state index contributed by atoms with van der Waals surface area (Å²) in [6, 6.07) is 11.1. The van der Waals surface area contributed by atoms with Crippen molar-refractivity contribution in [1.29, 1.82) is 0 Å². The Morgan fingerprint density at radius 2 is 1.86 bits per heavy atom. The zero-order valence-corrected chi connectivity index (χ0v) is 23.0. The molecule has 1 N–H and O–H groups in total. The third kappa shape index (κ3) is 7.47. The molecule has 4 nitrogen and oxygen atoms in total. The highest BCUT2D eigenvalue weighted by atomic mass is 32.1. The van der Waals surface area contributed by atoms with E-state index in [0.29, 0.717) is 17.0 Å². The van der Waals surface area contributed by atoms with Crippen LogP contribution in [0.25, 0.3) is 5.70 Å². The van der Waals surface area contributed by atoms with Gasteiger partial charge in [0.25, 0.3) is 5.91 Å². The Morgan fingerprint density at radius 1 is 1.14 bits per heavy atom. The third-order valence-electron chi connectivity index (χ3n) is 6.42. The van der Waals surface area contributed by atoms with Crippen molar-refractivity contribution >= 4 is 34.9 Å². The predicted molar refractivity (Wildman–Crippen MR) is 153 cm³/mol. The fourth-order valence-corrected chi connectivity index (χ4v) is 5.09. The number of aliphatic imine (C=N–C) groups is 1. The Bertz CT molecular complexity index is 1190. The molecule has 1 heterocycles. The summed E-state index contributed by atoms with van der Waals surface area (Å²) in [6.45, 7) is 14.1. The molecule has 1 aromatic heterocycles. The van der Waals surface area contributed by atoms with Crippen LogP contribution in [0.1, 0.15) is 86.0 Å². The van der Waals surface area contributed by atoms with Gasteiger partial charge in [-0.1, -0.05) is 63.8 Å². The van der Waals surface area contributed by atoms with E-state index in [0.717, 1.165) is 34.4 Å². The minimum Gasteiger partial charge on any atom is -0.341 e. The van der Waals surface area contributed by atoms with Gasteiger partial charge in [0.2, 0.25) is 0 Å². The fourth-order valence-electron chi connectivity index (χ4n) is 4.12. The minimum absolute atomic E-state index is 0.0134. The van der Waals surface area contributed by atoms with Gasteiger partial charge < -0.3 is 5.32 Å². The molecule has 0 bridgehead atoms. The number of allylic oxidation sites excluding steroid dienone is 4. The van der Waals surface area contributed by atoms with Crippen molar-refractivity contribution in [3.8, 4) is 0 Å². The summed E-state index contributed by atoms with van der Waals surface area (Å²) in [5, 5.41) is 2.92. The van der Waals surface area contributed by atoms with E-state index in [1.807, 2.05) is 49.5 Å². The van der Waals surface area contributed by atoms with Crippen LogP contribution in [0.15, 0.2) is 71.3 Å². The van der Waals surface area contributed by atoms with Crippen LogP contribution >= 0.6 is 11.3 Å². The first-order valence-electron chi connectivity index (χ1n) is 12.7. The molecule has 0 fully saturated rings. The lowest BCUT2D eigenvalue weighted by Gasteiger charge is -2.17. The number of nitrogens with one attached hydrogen (secondary N) is 1. The molecule has 0 radical (unpaired) electrons. The van der Waals surface area contributed by atoms with Gasteiger partial charge in [0.15, 0.2) is 5.78 Å². The summed E-state index contributed by atoms with van der Waals surface area (Å²) >= 11 is 1.48. The molecule has 0 spiro atoms.